The molecule has 0 atom stereocenters. The van der Waals surface area contributed by atoms with Gasteiger partial charge in [0.15, 0.2) is 11.5 Å². The van der Waals surface area contributed by atoms with Gasteiger partial charge in [-0.2, -0.15) is 4.98 Å². The van der Waals surface area contributed by atoms with Gasteiger partial charge in [0, 0.05) is 43.0 Å². The maximum atomic E-state index is 13.8. The number of oxazole rings is 1. The Balaban J connectivity index is 1.35. The van der Waals surface area contributed by atoms with Crippen molar-refractivity contribution in [1.82, 2.24) is 4.98 Å². The number of aromatic nitrogens is 1. The third-order valence-corrected chi connectivity index (χ3v) is 8.87. The number of fused-ring (bicyclic) bond motifs is 1. The summed E-state index contributed by atoms with van der Waals surface area (Å²) in [5.74, 6) is 1.46. The smallest absolute Gasteiger partial charge is 0.240 e. The van der Waals surface area contributed by atoms with E-state index in [1.165, 1.54) is 23.5 Å². The van der Waals surface area contributed by atoms with E-state index in [-0.39, 0.29) is 21.7 Å². The molecule has 36 heavy (non-hydrogen) atoms. The Bertz CT molecular complexity index is 1500. The summed E-state index contributed by atoms with van der Waals surface area (Å²) in [5, 5.41) is 2.48. The largest absolute Gasteiger partial charge is 0.486 e. The van der Waals surface area contributed by atoms with E-state index < -0.39 is 9.84 Å². The van der Waals surface area contributed by atoms with Crippen LogP contribution < -0.4 is 19.3 Å². The Hall–Kier alpha value is -3.21. The summed E-state index contributed by atoms with van der Waals surface area (Å²) in [5.41, 5.74) is 1.03. The number of hydrogen-bond donors (Lipinski definition) is 0. The summed E-state index contributed by atoms with van der Waals surface area (Å²) in [6.45, 7) is 3.28. The van der Waals surface area contributed by atoms with E-state index in [1.54, 1.807) is 6.07 Å². The zero-order valence-corrected chi connectivity index (χ0v) is 21.5. The van der Waals surface area contributed by atoms with Crippen molar-refractivity contribution < 1.29 is 22.3 Å². The average molecular weight is 544 g/mol. The van der Waals surface area contributed by atoms with Crippen LogP contribution in [0.3, 0.4) is 0 Å². The summed E-state index contributed by atoms with van der Waals surface area (Å²) < 4.78 is 44.9. The highest BCUT2D eigenvalue weighted by Crippen LogP contribution is 2.39. The van der Waals surface area contributed by atoms with Gasteiger partial charge in [-0.1, -0.05) is 23.7 Å². The third kappa shape index (κ3) is 4.29. The monoisotopic (exact) mass is 543 g/mol. The van der Waals surface area contributed by atoms with Gasteiger partial charge in [-0.15, -0.1) is 11.3 Å². The van der Waals surface area contributed by atoms with Gasteiger partial charge in [-0.25, -0.2) is 8.42 Å². The van der Waals surface area contributed by atoms with Gasteiger partial charge in [0.1, 0.15) is 13.2 Å². The van der Waals surface area contributed by atoms with Crippen molar-refractivity contribution in [2.45, 2.75) is 9.92 Å². The number of rotatable bonds is 5. The first-order valence-electron chi connectivity index (χ1n) is 11.4. The second-order valence-electron chi connectivity index (χ2n) is 8.37. The number of hydrogen-bond acceptors (Lipinski definition) is 9. The van der Waals surface area contributed by atoms with E-state index in [2.05, 4.69) is 9.88 Å². The molecule has 186 valence electrons. The average Bonchev–Trinajstić information content (AvgIpc) is 3.59. The molecule has 8 nitrogen and oxygen atoms in total. The minimum Gasteiger partial charge on any atom is -0.486 e. The maximum Gasteiger partial charge on any atom is 0.240 e. The number of benzene rings is 2. The summed E-state index contributed by atoms with van der Waals surface area (Å²) in [4.78, 5) is 9.49. The summed E-state index contributed by atoms with van der Waals surface area (Å²) >= 11 is 7.61. The summed E-state index contributed by atoms with van der Waals surface area (Å²) in [7, 11) is -4.00. The van der Waals surface area contributed by atoms with Crippen LogP contribution in [0.5, 0.6) is 11.5 Å². The molecule has 4 aromatic rings. The maximum absolute atomic E-state index is 13.8. The molecule has 1 fully saturated rings. The minimum atomic E-state index is -4.00. The number of halogens is 1. The van der Waals surface area contributed by atoms with E-state index in [0.717, 1.165) is 10.6 Å². The van der Waals surface area contributed by atoms with Crippen LogP contribution in [0.1, 0.15) is 0 Å². The van der Waals surface area contributed by atoms with Crippen LogP contribution in [0.4, 0.5) is 11.6 Å². The highest BCUT2D eigenvalue weighted by molar-refractivity contribution is 7.91. The number of thiophene rings is 1. The van der Waals surface area contributed by atoms with Crippen molar-refractivity contribution in [3.63, 3.8) is 0 Å². The molecular weight excluding hydrogens is 522 g/mol. The van der Waals surface area contributed by atoms with Crippen LogP contribution in [0.2, 0.25) is 5.02 Å². The number of nitrogens with zero attached hydrogens (tertiary/aromatic N) is 3. The van der Waals surface area contributed by atoms with Gasteiger partial charge in [0.25, 0.3) is 0 Å². The standard InChI is InChI=1S/C25H22ClN3O5S2/c26-17-3-1-4-18(15-17)28-8-10-29(11-9-28)25-24(27-23(34-25)22-5-2-14-35-22)36(30,31)19-6-7-20-21(16-19)33-13-12-32-20/h1-7,14-16H,8-13H2. The van der Waals surface area contributed by atoms with Crippen molar-refractivity contribution in [2.24, 2.45) is 0 Å². The van der Waals surface area contributed by atoms with Crippen LogP contribution in [0, 0.1) is 0 Å². The number of piperazine rings is 1. The van der Waals surface area contributed by atoms with Crippen molar-refractivity contribution in [3.8, 4) is 22.3 Å². The van der Waals surface area contributed by atoms with Crippen LogP contribution >= 0.6 is 22.9 Å². The predicted molar refractivity (Wildman–Crippen MR) is 139 cm³/mol. The minimum absolute atomic E-state index is 0.0802. The lowest BCUT2D eigenvalue weighted by atomic mass is 10.2. The molecule has 0 radical (unpaired) electrons. The van der Waals surface area contributed by atoms with Crippen molar-refractivity contribution >= 4 is 44.3 Å². The molecule has 0 aliphatic carbocycles. The van der Waals surface area contributed by atoms with Crippen molar-refractivity contribution in [1.29, 1.82) is 0 Å². The van der Waals surface area contributed by atoms with Gasteiger partial charge in [0.05, 0.1) is 9.77 Å². The van der Waals surface area contributed by atoms with Gasteiger partial charge in [0.2, 0.25) is 26.6 Å². The second-order valence-corrected chi connectivity index (χ2v) is 11.6. The molecule has 11 heteroatoms. The molecule has 0 saturated carbocycles. The molecule has 0 amide bonds. The second kappa shape index (κ2) is 9.34. The van der Waals surface area contributed by atoms with Crippen LogP contribution in [0.25, 0.3) is 10.8 Å². The topological polar surface area (TPSA) is 85.1 Å². The molecule has 2 aliphatic heterocycles. The van der Waals surface area contributed by atoms with Gasteiger partial charge < -0.3 is 23.7 Å². The van der Waals surface area contributed by atoms with Crippen LogP contribution in [-0.2, 0) is 9.84 Å². The lowest BCUT2D eigenvalue weighted by Crippen LogP contribution is -2.46. The van der Waals surface area contributed by atoms with Crippen LogP contribution in [0.15, 0.2) is 74.3 Å². The lowest BCUT2D eigenvalue weighted by molar-refractivity contribution is 0.171. The van der Waals surface area contributed by atoms with E-state index in [0.29, 0.717) is 55.9 Å². The van der Waals surface area contributed by atoms with E-state index in [1.807, 2.05) is 46.7 Å². The Labute approximate surface area is 217 Å². The van der Waals surface area contributed by atoms with E-state index in [4.69, 9.17) is 25.5 Å². The van der Waals surface area contributed by atoms with Crippen LogP contribution in [-0.4, -0.2) is 52.8 Å². The molecule has 0 unspecified atom stereocenters. The normalized spacial score (nSPS) is 15.8. The molecule has 2 aromatic carbocycles. The Kier molecular flexibility index (Phi) is 6.02. The lowest BCUT2D eigenvalue weighted by Gasteiger charge is -2.36. The van der Waals surface area contributed by atoms with Gasteiger partial charge >= 0.3 is 0 Å². The fourth-order valence-electron chi connectivity index (χ4n) is 4.32. The first-order chi connectivity index (χ1) is 17.5. The zero-order chi connectivity index (χ0) is 24.7. The number of sulfone groups is 1. The van der Waals surface area contributed by atoms with Crippen molar-refractivity contribution in [3.05, 3.63) is 65.0 Å². The SMILES string of the molecule is O=S(=O)(c1ccc2c(c1)OCCO2)c1nc(-c2cccs2)oc1N1CCN(c2cccc(Cl)c2)CC1. The molecule has 0 bridgehead atoms. The van der Waals surface area contributed by atoms with Crippen molar-refractivity contribution in [2.75, 3.05) is 49.2 Å². The van der Waals surface area contributed by atoms with E-state index >= 15 is 0 Å². The Morgan fingerprint density at radius 3 is 2.42 bits per heavy atom. The molecule has 6 rings (SSSR count). The summed E-state index contributed by atoms with van der Waals surface area (Å²) in [6.07, 6.45) is 0. The fourth-order valence-corrected chi connectivity index (χ4v) is 6.49. The van der Waals surface area contributed by atoms with E-state index in [9.17, 15) is 8.42 Å². The van der Waals surface area contributed by atoms with Gasteiger partial charge in [-0.3, -0.25) is 0 Å². The zero-order valence-electron chi connectivity index (χ0n) is 19.1. The van der Waals surface area contributed by atoms with Gasteiger partial charge in [-0.05, 0) is 41.8 Å². The first-order valence-corrected chi connectivity index (χ1v) is 14.2. The number of anilines is 2. The molecule has 0 N–H and O–H groups in total. The highest BCUT2D eigenvalue weighted by atomic mass is 35.5. The predicted octanol–water partition coefficient (Wildman–Crippen LogP) is 4.99. The Morgan fingerprint density at radius 1 is 0.889 bits per heavy atom. The summed E-state index contributed by atoms with van der Waals surface area (Å²) in [6, 6.07) is 16.1. The quantitative estimate of drug-likeness (QED) is 0.348. The third-order valence-electron chi connectivity index (χ3n) is 6.13. The number of ether oxygens (including phenoxy) is 2. The molecule has 1 saturated heterocycles. The Morgan fingerprint density at radius 2 is 1.67 bits per heavy atom. The molecule has 2 aromatic heterocycles. The molecular formula is C25H22ClN3O5S2. The molecule has 2 aliphatic rings. The fraction of sp³-hybridized carbons (Fsp3) is 0.240. The highest BCUT2D eigenvalue weighted by Gasteiger charge is 2.34. The first kappa shape index (κ1) is 23.2. The molecule has 0 spiro atoms. The molecule has 4 heterocycles.